The summed E-state index contributed by atoms with van der Waals surface area (Å²) in [7, 11) is 0. The van der Waals surface area contributed by atoms with E-state index in [1.807, 2.05) is 27.7 Å². The number of hydrogen-bond donors (Lipinski definition) is 1. The number of hydrogen-bond acceptors (Lipinski definition) is 3. The van der Waals surface area contributed by atoms with E-state index in [4.69, 9.17) is 0 Å². The molecule has 2 fully saturated rings. The average molecular weight is 338 g/mol. The summed E-state index contributed by atoms with van der Waals surface area (Å²) in [6, 6.07) is -0.367. The van der Waals surface area contributed by atoms with Crippen LogP contribution in [-0.4, -0.2) is 58.4 Å². The summed E-state index contributed by atoms with van der Waals surface area (Å²) >= 11 is 0. The Bertz CT molecular complexity index is 512. The number of rotatable bonds is 3. The second kappa shape index (κ2) is 7.11. The molecule has 136 valence electrons. The van der Waals surface area contributed by atoms with Gasteiger partial charge in [0.25, 0.3) is 0 Å². The van der Waals surface area contributed by atoms with Crippen molar-refractivity contribution >= 4 is 17.8 Å². The minimum absolute atomic E-state index is 0.00884. The lowest BCUT2D eigenvalue weighted by Crippen LogP contribution is -2.52. The Morgan fingerprint density at radius 2 is 1.79 bits per heavy atom. The molecule has 0 radical (unpaired) electrons. The molecule has 2 amide bonds. The molecule has 2 rings (SSSR count). The maximum Gasteiger partial charge on any atom is 0.306 e. The van der Waals surface area contributed by atoms with Crippen molar-refractivity contribution < 1.29 is 19.5 Å². The van der Waals surface area contributed by atoms with Crippen molar-refractivity contribution in [3.8, 4) is 0 Å². The molecule has 24 heavy (non-hydrogen) atoms. The molecule has 0 aromatic heterocycles. The molecule has 2 aliphatic heterocycles. The lowest BCUT2D eigenvalue weighted by molar-refractivity contribution is -0.151. The van der Waals surface area contributed by atoms with Crippen molar-refractivity contribution in [1.82, 2.24) is 9.80 Å². The zero-order chi connectivity index (χ0) is 18.1. The number of carboxylic acids is 1. The first-order valence-corrected chi connectivity index (χ1v) is 8.91. The van der Waals surface area contributed by atoms with E-state index in [0.717, 1.165) is 6.42 Å². The quantitative estimate of drug-likeness (QED) is 0.853. The van der Waals surface area contributed by atoms with Crippen LogP contribution in [0.5, 0.6) is 0 Å². The summed E-state index contributed by atoms with van der Waals surface area (Å²) in [5.41, 5.74) is -0.0956. The van der Waals surface area contributed by atoms with Crippen LogP contribution in [0.3, 0.4) is 0 Å². The van der Waals surface area contributed by atoms with E-state index in [2.05, 4.69) is 0 Å². The molecule has 1 N–H and O–H groups in total. The topological polar surface area (TPSA) is 77.9 Å². The molecule has 6 heteroatoms. The molecule has 6 nitrogen and oxygen atoms in total. The molecular weight excluding hydrogens is 308 g/mol. The Balaban J connectivity index is 2.01. The van der Waals surface area contributed by atoms with Gasteiger partial charge in [-0.15, -0.1) is 0 Å². The van der Waals surface area contributed by atoms with Crippen LogP contribution < -0.4 is 0 Å². The molecule has 2 heterocycles. The molecule has 2 saturated heterocycles. The Labute approximate surface area is 144 Å². The van der Waals surface area contributed by atoms with Gasteiger partial charge in [-0.3, -0.25) is 14.4 Å². The van der Waals surface area contributed by atoms with Gasteiger partial charge in [0.15, 0.2) is 0 Å². The first-order chi connectivity index (χ1) is 11.1. The Kier molecular flexibility index (Phi) is 5.56. The largest absolute Gasteiger partial charge is 0.481 e. The second-order valence-corrected chi connectivity index (χ2v) is 8.48. The normalized spacial score (nSPS) is 28.1. The summed E-state index contributed by atoms with van der Waals surface area (Å²) < 4.78 is 0. The van der Waals surface area contributed by atoms with Gasteiger partial charge in [-0.2, -0.15) is 0 Å². The zero-order valence-electron chi connectivity index (χ0n) is 15.2. The molecular formula is C18H30N2O4. The summed E-state index contributed by atoms with van der Waals surface area (Å²) in [5, 5.41) is 9.21. The molecule has 0 spiro atoms. The molecule has 0 aromatic rings. The highest BCUT2D eigenvalue weighted by Gasteiger charge is 2.40. The third-order valence-corrected chi connectivity index (χ3v) is 5.07. The maximum absolute atomic E-state index is 12.9. The van der Waals surface area contributed by atoms with Crippen LogP contribution in [0.15, 0.2) is 0 Å². The molecule has 3 atom stereocenters. The molecule has 3 unspecified atom stereocenters. The van der Waals surface area contributed by atoms with Crippen molar-refractivity contribution in [3.05, 3.63) is 0 Å². The number of piperidine rings is 1. The fourth-order valence-corrected chi connectivity index (χ4v) is 3.80. The highest BCUT2D eigenvalue weighted by atomic mass is 16.4. The average Bonchev–Trinajstić information content (AvgIpc) is 2.93. The molecule has 2 aliphatic rings. The van der Waals surface area contributed by atoms with Gasteiger partial charge in [0.05, 0.1) is 5.92 Å². The molecule has 0 bridgehead atoms. The Morgan fingerprint density at radius 3 is 2.33 bits per heavy atom. The van der Waals surface area contributed by atoms with E-state index in [0.29, 0.717) is 38.9 Å². The number of amides is 2. The van der Waals surface area contributed by atoms with Crippen LogP contribution in [0.4, 0.5) is 0 Å². The molecule has 0 aromatic carbocycles. The zero-order valence-corrected chi connectivity index (χ0v) is 15.2. The van der Waals surface area contributed by atoms with Gasteiger partial charge in [0.1, 0.15) is 6.04 Å². The SMILES string of the molecule is CC1CN(C(=O)C2CCCN2C(=O)CC(C)(C)C)CCC1C(=O)O. The summed E-state index contributed by atoms with van der Waals surface area (Å²) in [6.07, 6.45) is 2.49. The van der Waals surface area contributed by atoms with Gasteiger partial charge >= 0.3 is 5.97 Å². The number of aliphatic carboxylic acids is 1. The smallest absolute Gasteiger partial charge is 0.306 e. The fraction of sp³-hybridized carbons (Fsp3) is 0.833. The Hall–Kier alpha value is -1.59. The summed E-state index contributed by atoms with van der Waals surface area (Å²) in [4.78, 5) is 40.1. The predicted octanol–water partition coefficient (Wildman–Crippen LogP) is 1.98. The first kappa shape index (κ1) is 18.7. The van der Waals surface area contributed by atoms with Crippen molar-refractivity contribution in [2.45, 2.75) is 59.4 Å². The molecule has 0 saturated carbocycles. The predicted molar refractivity (Wildman–Crippen MR) is 90.3 cm³/mol. The maximum atomic E-state index is 12.9. The van der Waals surface area contributed by atoms with Crippen LogP contribution in [-0.2, 0) is 14.4 Å². The number of carbonyl (C=O) groups is 3. The van der Waals surface area contributed by atoms with E-state index >= 15 is 0 Å². The molecule has 0 aliphatic carbocycles. The number of nitrogens with zero attached hydrogens (tertiary/aromatic N) is 2. The summed E-state index contributed by atoms with van der Waals surface area (Å²) in [5.74, 6) is -1.17. The minimum atomic E-state index is -0.780. The first-order valence-electron chi connectivity index (χ1n) is 8.91. The van der Waals surface area contributed by atoms with E-state index in [1.54, 1.807) is 9.80 Å². The van der Waals surface area contributed by atoms with Gasteiger partial charge < -0.3 is 14.9 Å². The van der Waals surface area contributed by atoms with Crippen molar-refractivity contribution in [1.29, 1.82) is 0 Å². The van der Waals surface area contributed by atoms with Crippen LogP contribution in [0.2, 0.25) is 0 Å². The van der Waals surface area contributed by atoms with E-state index in [9.17, 15) is 19.5 Å². The minimum Gasteiger partial charge on any atom is -0.481 e. The Morgan fingerprint density at radius 1 is 1.12 bits per heavy atom. The monoisotopic (exact) mass is 338 g/mol. The van der Waals surface area contributed by atoms with Crippen LogP contribution >= 0.6 is 0 Å². The third-order valence-electron chi connectivity index (χ3n) is 5.07. The van der Waals surface area contributed by atoms with Gasteiger partial charge in [0.2, 0.25) is 11.8 Å². The summed E-state index contributed by atoms with van der Waals surface area (Å²) in [6.45, 7) is 9.54. The number of carboxylic acid groups (broad SMARTS) is 1. The van der Waals surface area contributed by atoms with Crippen LogP contribution in [0, 0.1) is 17.3 Å². The number of carbonyl (C=O) groups excluding carboxylic acids is 2. The lowest BCUT2D eigenvalue weighted by Gasteiger charge is -2.38. The third kappa shape index (κ3) is 4.28. The van der Waals surface area contributed by atoms with Crippen LogP contribution in [0.1, 0.15) is 53.4 Å². The van der Waals surface area contributed by atoms with E-state index in [-0.39, 0.29) is 35.1 Å². The van der Waals surface area contributed by atoms with Crippen LogP contribution in [0.25, 0.3) is 0 Å². The van der Waals surface area contributed by atoms with E-state index in [1.165, 1.54) is 0 Å². The lowest BCUT2D eigenvalue weighted by atomic mass is 9.86. The van der Waals surface area contributed by atoms with E-state index < -0.39 is 5.97 Å². The highest BCUT2D eigenvalue weighted by molar-refractivity contribution is 5.88. The van der Waals surface area contributed by atoms with Crippen molar-refractivity contribution in [3.63, 3.8) is 0 Å². The van der Waals surface area contributed by atoms with Gasteiger partial charge in [-0.25, -0.2) is 0 Å². The van der Waals surface area contributed by atoms with Crippen molar-refractivity contribution in [2.24, 2.45) is 17.3 Å². The standard InChI is InChI=1S/C18H30N2O4/c1-12-11-19(9-7-13(12)17(23)24)16(22)14-6-5-8-20(14)15(21)10-18(2,3)4/h12-14H,5-11H2,1-4H3,(H,23,24). The highest BCUT2D eigenvalue weighted by Crippen LogP contribution is 2.28. The van der Waals surface area contributed by atoms with Crippen molar-refractivity contribution in [2.75, 3.05) is 19.6 Å². The number of likely N-dealkylation sites (tertiary alicyclic amines) is 2. The van der Waals surface area contributed by atoms with Gasteiger partial charge in [0, 0.05) is 26.1 Å². The van der Waals surface area contributed by atoms with Gasteiger partial charge in [-0.1, -0.05) is 27.7 Å². The fourth-order valence-electron chi connectivity index (χ4n) is 3.80. The second-order valence-electron chi connectivity index (χ2n) is 8.48. The van der Waals surface area contributed by atoms with Gasteiger partial charge in [-0.05, 0) is 30.6 Å².